The summed E-state index contributed by atoms with van der Waals surface area (Å²) in [7, 11) is 0. The normalized spacial score (nSPS) is 11.1. The minimum absolute atomic E-state index is 0.723. The number of furan rings is 1. The highest BCUT2D eigenvalue weighted by molar-refractivity contribution is 9.10. The second-order valence-electron chi connectivity index (χ2n) is 4.17. The van der Waals surface area contributed by atoms with Gasteiger partial charge in [-0.05, 0) is 64.0 Å². The summed E-state index contributed by atoms with van der Waals surface area (Å²) in [4.78, 5) is 8.69. The van der Waals surface area contributed by atoms with Gasteiger partial charge in [-0.3, -0.25) is 9.97 Å². The number of hydrogen-bond acceptors (Lipinski definition) is 3. The molecule has 98 valence electrons. The maximum atomic E-state index is 5.40. The molecule has 0 spiro atoms. The molecule has 0 aliphatic heterocycles. The monoisotopic (exact) mass is 326 g/mol. The van der Waals surface area contributed by atoms with Gasteiger partial charge < -0.3 is 4.42 Å². The van der Waals surface area contributed by atoms with Crippen LogP contribution < -0.4 is 0 Å². The van der Waals surface area contributed by atoms with Crippen LogP contribution >= 0.6 is 15.9 Å². The molecule has 0 unspecified atom stereocenters. The SMILES string of the molecule is Brc1ccc(/C=C\c2ccc(-c3ccccn3)nc2)o1. The summed E-state index contributed by atoms with van der Waals surface area (Å²) in [6.45, 7) is 0. The Morgan fingerprint density at radius 3 is 2.45 bits per heavy atom. The first-order chi connectivity index (χ1) is 9.81. The van der Waals surface area contributed by atoms with Crippen LogP contribution in [0.5, 0.6) is 0 Å². The van der Waals surface area contributed by atoms with Gasteiger partial charge in [0.2, 0.25) is 0 Å². The number of hydrogen-bond donors (Lipinski definition) is 0. The van der Waals surface area contributed by atoms with Gasteiger partial charge in [-0.15, -0.1) is 0 Å². The zero-order chi connectivity index (χ0) is 13.8. The number of pyridine rings is 2. The quantitative estimate of drug-likeness (QED) is 0.702. The molecule has 0 aromatic carbocycles. The van der Waals surface area contributed by atoms with E-state index in [9.17, 15) is 0 Å². The third-order valence-electron chi connectivity index (χ3n) is 2.75. The standard InChI is InChI=1S/C16H11BrN2O/c17-16-9-7-13(20-16)6-4-12-5-8-15(19-11-12)14-3-1-2-10-18-14/h1-11H/b6-4-. The molecule has 0 N–H and O–H groups in total. The fourth-order valence-electron chi connectivity index (χ4n) is 1.77. The number of aromatic nitrogens is 2. The Balaban J connectivity index is 1.78. The lowest BCUT2D eigenvalue weighted by atomic mass is 10.2. The minimum Gasteiger partial charge on any atom is -0.450 e. The van der Waals surface area contributed by atoms with E-state index in [1.807, 2.05) is 60.8 Å². The summed E-state index contributed by atoms with van der Waals surface area (Å²) in [6, 6.07) is 13.5. The Morgan fingerprint density at radius 2 is 1.80 bits per heavy atom. The van der Waals surface area contributed by atoms with Gasteiger partial charge in [0, 0.05) is 12.4 Å². The van der Waals surface area contributed by atoms with Gasteiger partial charge in [-0.2, -0.15) is 0 Å². The summed E-state index contributed by atoms with van der Waals surface area (Å²) in [5, 5.41) is 0. The van der Waals surface area contributed by atoms with Crippen LogP contribution in [-0.4, -0.2) is 9.97 Å². The van der Waals surface area contributed by atoms with Crippen molar-refractivity contribution >= 4 is 28.1 Å². The lowest BCUT2D eigenvalue weighted by molar-refractivity contribution is 0.532. The van der Waals surface area contributed by atoms with E-state index in [1.54, 1.807) is 6.20 Å². The molecule has 0 radical (unpaired) electrons. The summed E-state index contributed by atoms with van der Waals surface area (Å²) in [5.74, 6) is 0.797. The summed E-state index contributed by atoms with van der Waals surface area (Å²) >= 11 is 3.27. The van der Waals surface area contributed by atoms with Crippen molar-refractivity contribution in [3.8, 4) is 11.4 Å². The molecular formula is C16H11BrN2O. The van der Waals surface area contributed by atoms with Gasteiger partial charge in [-0.1, -0.05) is 12.1 Å². The molecule has 0 aliphatic carbocycles. The molecule has 0 amide bonds. The summed E-state index contributed by atoms with van der Waals surface area (Å²) in [6.07, 6.45) is 7.45. The largest absolute Gasteiger partial charge is 0.450 e. The first kappa shape index (κ1) is 12.8. The Bertz CT molecular complexity index is 718. The van der Waals surface area contributed by atoms with Crippen LogP contribution in [-0.2, 0) is 0 Å². The average Bonchev–Trinajstić information content (AvgIpc) is 2.92. The molecule has 0 saturated heterocycles. The van der Waals surface area contributed by atoms with E-state index < -0.39 is 0 Å². The van der Waals surface area contributed by atoms with Crippen molar-refractivity contribution in [3.63, 3.8) is 0 Å². The highest BCUT2D eigenvalue weighted by Gasteiger charge is 1.99. The fraction of sp³-hybridized carbons (Fsp3) is 0. The lowest BCUT2D eigenvalue weighted by Gasteiger charge is -1.99. The highest BCUT2D eigenvalue weighted by Crippen LogP contribution is 2.17. The van der Waals surface area contributed by atoms with Crippen LogP contribution in [0.3, 0.4) is 0 Å². The number of halogens is 1. The van der Waals surface area contributed by atoms with Crippen molar-refractivity contribution in [1.82, 2.24) is 9.97 Å². The molecule has 0 fully saturated rings. The maximum Gasteiger partial charge on any atom is 0.169 e. The number of rotatable bonds is 3. The third-order valence-corrected chi connectivity index (χ3v) is 3.17. The van der Waals surface area contributed by atoms with Crippen molar-refractivity contribution in [2.75, 3.05) is 0 Å². The van der Waals surface area contributed by atoms with E-state index in [0.29, 0.717) is 0 Å². The Kier molecular flexibility index (Phi) is 3.74. The third kappa shape index (κ3) is 3.03. The van der Waals surface area contributed by atoms with E-state index in [2.05, 4.69) is 25.9 Å². The van der Waals surface area contributed by atoms with Crippen molar-refractivity contribution in [1.29, 1.82) is 0 Å². The van der Waals surface area contributed by atoms with Gasteiger partial charge in [0.15, 0.2) is 4.67 Å². The predicted octanol–water partition coefficient (Wildman–Crippen LogP) is 4.67. The van der Waals surface area contributed by atoms with Gasteiger partial charge >= 0.3 is 0 Å². The topological polar surface area (TPSA) is 38.9 Å². The van der Waals surface area contributed by atoms with Gasteiger partial charge in [0.1, 0.15) is 5.76 Å². The maximum absolute atomic E-state index is 5.40. The van der Waals surface area contributed by atoms with Crippen LogP contribution in [0, 0.1) is 0 Å². The van der Waals surface area contributed by atoms with Crippen LogP contribution in [0.1, 0.15) is 11.3 Å². The molecule has 20 heavy (non-hydrogen) atoms. The van der Waals surface area contributed by atoms with Crippen LogP contribution in [0.2, 0.25) is 0 Å². The Morgan fingerprint density at radius 1 is 0.900 bits per heavy atom. The van der Waals surface area contributed by atoms with Crippen LogP contribution in [0.15, 0.2) is 63.9 Å². The van der Waals surface area contributed by atoms with E-state index in [0.717, 1.165) is 27.4 Å². The molecule has 3 rings (SSSR count). The highest BCUT2D eigenvalue weighted by atomic mass is 79.9. The molecule has 3 heterocycles. The Labute approximate surface area is 125 Å². The molecule has 3 nitrogen and oxygen atoms in total. The van der Waals surface area contributed by atoms with E-state index in [4.69, 9.17) is 4.42 Å². The molecule has 0 bridgehead atoms. The molecule has 3 aromatic rings. The van der Waals surface area contributed by atoms with Crippen molar-refractivity contribution in [2.24, 2.45) is 0 Å². The predicted molar refractivity (Wildman–Crippen MR) is 82.8 cm³/mol. The van der Waals surface area contributed by atoms with E-state index in [1.165, 1.54) is 0 Å². The fourth-order valence-corrected chi connectivity index (χ4v) is 2.08. The van der Waals surface area contributed by atoms with Crippen molar-refractivity contribution < 1.29 is 4.42 Å². The van der Waals surface area contributed by atoms with Crippen LogP contribution in [0.25, 0.3) is 23.5 Å². The first-order valence-electron chi connectivity index (χ1n) is 6.12. The minimum atomic E-state index is 0.723. The van der Waals surface area contributed by atoms with Crippen molar-refractivity contribution in [2.45, 2.75) is 0 Å². The van der Waals surface area contributed by atoms with Gasteiger partial charge in [0.25, 0.3) is 0 Å². The zero-order valence-electron chi connectivity index (χ0n) is 10.5. The van der Waals surface area contributed by atoms with Gasteiger partial charge in [-0.25, -0.2) is 0 Å². The summed E-state index contributed by atoms with van der Waals surface area (Å²) in [5.41, 5.74) is 2.75. The molecular weight excluding hydrogens is 316 g/mol. The van der Waals surface area contributed by atoms with E-state index in [-0.39, 0.29) is 0 Å². The molecule has 4 heteroatoms. The number of nitrogens with zero attached hydrogens (tertiary/aromatic N) is 2. The average molecular weight is 327 g/mol. The zero-order valence-corrected chi connectivity index (χ0v) is 12.1. The Hall–Kier alpha value is -2.20. The molecule has 3 aromatic heterocycles. The molecule has 0 saturated carbocycles. The summed E-state index contributed by atoms with van der Waals surface area (Å²) < 4.78 is 6.12. The molecule has 0 aliphatic rings. The van der Waals surface area contributed by atoms with E-state index >= 15 is 0 Å². The second kappa shape index (κ2) is 5.84. The smallest absolute Gasteiger partial charge is 0.169 e. The second-order valence-corrected chi connectivity index (χ2v) is 4.95. The van der Waals surface area contributed by atoms with Crippen molar-refractivity contribution in [3.05, 3.63) is 70.9 Å². The molecule has 0 atom stereocenters. The lowest BCUT2D eigenvalue weighted by Crippen LogP contribution is -1.86. The van der Waals surface area contributed by atoms with Crippen LogP contribution in [0.4, 0.5) is 0 Å². The van der Waals surface area contributed by atoms with Gasteiger partial charge in [0.05, 0.1) is 11.4 Å². The first-order valence-corrected chi connectivity index (χ1v) is 6.91.